The predicted molar refractivity (Wildman–Crippen MR) is 153 cm³/mol. The number of fused-ring (bicyclic) bond motifs is 1. The van der Waals surface area contributed by atoms with Crippen LogP contribution in [0.15, 0.2) is 83.7 Å². The van der Waals surface area contributed by atoms with Crippen molar-refractivity contribution in [3.8, 4) is 5.75 Å². The predicted octanol–water partition coefficient (Wildman–Crippen LogP) is 5.77. The minimum Gasteiger partial charge on any atom is -0.494 e. The summed E-state index contributed by atoms with van der Waals surface area (Å²) in [4.78, 5) is 18.5. The number of hydrogen-bond donors (Lipinski definition) is 1. The van der Waals surface area contributed by atoms with Crippen LogP contribution in [0.1, 0.15) is 48.8 Å². The number of halogens is 1. The number of H-pyrrole nitrogens is 1. The molecule has 0 radical (unpaired) electrons. The Bertz CT molecular complexity index is 1600. The van der Waals surface area contributed by atoms with E-state index in [1.54, 1.807) is 0 Å². The van der Waals surface area contributed by atoms with Gasteiger partial charge in [0.15, 0.2) is 5.82 Å². The molecule has 2 heterocycles. The minimum atomic E-state index is -0.162. The van der Waals surface area contributed by atoms with Crippen LogP contribution in [0.3, 0.4) is 0 Å². The summed E-state index contributed by atoms with van der Waals surface area (Å²) in [6.45, 7) is 6.08. The van der Waals surface area contributed by atoms with Crippen LogP contribution >= 0.6 is 11.6 Å². The van der Waals surface area contributed by atoms with Crippen LogP contribution in [0.2, 0.25) is 5.02 Å². The summed E-state index contributed by atoms with van der Waals surface area (Å²) in [5, 5.41) is 14.3. The van der Waals surface area contributed by atoms with Crippen molar-refractivity contribution in [2.75, 3.05) is 6.61 Å². The van der Waals surface area contributed by atoms with E-state index in [-0.39, 0.29) is 11.6 Å². The Morgan fingerprint density at radius 1 is 0.974 bits per heavy atom. The van der Waals surface area contributed by atoms with Gasteiger partial charge in [0, 0.05) is 34.6 Å². The molecule has 39 heavy (non-hydrogen) atoms. The number of benzene rings is 3. The molecular weight excluding hydrogens is 512 g/mol. The Balaban J connectivity index is 1.53. The molecule has 3 aromatic carbocycles. The van der Waals surface area contributed by atoms with E-state index in [4.69, 9.17) is 16.3 Å². The summed E-state index contributed by atoms with van der Waals surface area (Å²) in [7, 11) is 0. The van der Waals surface area contributed by atoms with Gasteiger partial charge in [0.05, 0.1) is 19.2 Å². The highest BCUT2D eigenvalue weighted by atomic mass is 35.5. The number of hydrogen-bond acceptors (Lipinski definition) is 6. The lowest BCUT2D eigenvalue weighted by molar-refractivity contribution is 0.161. The van der Waals surface area contributed by atoms with Crippen LogP contribution in [0.25, 0.3) is 10.9 Å². The van der Waals surface area contributed by atoms with Gasteiger partial charge in [0.1, 0.15) is 5.75 Å². The molecule has 1 N–H and O–H groups in total. The average Bonchev–Trinajstić information content (AvgIpc) is 3.39. The monoisotopic (exact) mass is 542 g/mol. The van der Waals surface area contributed by atoms with E-state index in [9.17, 15) is 4.79 Å². The molecule has 200 valence electrons. The summed E-state index contributed by atoms with van der Waals surface area (Å²) in [6.07, 6.45) is 0.736. The van der Waals surface area contributed by atoms with E-state index >= 15 is 0 Å². The number of rotatable bonds is 11. The zero-order chi connectivity index (χ0) is 27.2. The number of aromatic amines is 1. The zero-order valence-corrected chi connectivity index (χ0v) is 22.8. The van der Waals surface area contributed by atoms with Gasteiger partial charge in [-0.3, -0.25) is 9.69 Å². The molecule has 1 unspecified atom stereocenters. The number of aromatic nitrogens is 5. The smallest absolute Gasteiger partial charge is 0.252 e. The first-order valence-electron chi connectivity index (χ1n) is 13.1. The lowest BCUT2D eigenvalue weighted by Crippen LogP contribution is -2.32. The van der Waals surface area contributed by atoms with E-state index in [1.807, 2.05) is 78.3 Å². The van der Waals surface area contributed by atoms with Gasteiger partial charge in [0.25, 0.3) is 5.56 Å². The van der Waals surface area contributed by atoms with Crippen LogP contribution in [0, 0.1) is 0 Å². The Hall–Kier alpha value is -4.01. The van der Waals surface area contributed by atoms with Crippen molar-refractivity contribution in [1.82, 2.24) is 30.1 Å². The molecule has 0 bridgehead atoms. The molecule has 2 aromatic heterocycles. The molecule has 5 rings (SSSR count). The number of nitrogens with one attached hydrogen (secondary N) is 1. The molecule has 8 nitrogen and oxygen atoms in total. The number of nitrogens with zero attached hydrogens (tertiary/aromatic N) is 5. The second-order valence-electron chi connectivity index (χ2n) is 9.41. The van der Waals surface area contributed by atoms with Crippen molar-refractivity contribution in [3.05, 3.63) is 117 Å². The minimum absolute atomic E-state index is 0.130. The standard InChI is InChI=1S/C30H31ClN6O2/c1-3-28(29-33-34-35-37(29)18-21-10-6-5-7-11-21)36(19-22-12-8-9-13-26(22)31)20-24-16-23-17-25(39-4-2)14-15-27(23)32-30(24)38/h5-17,28H,3-4,18-20H2,1-2H3,(H,32,38). The number of ether oxygens (including phenoxy) is 1. The van der Waals surface area contributed by atoms with Gasteiger partial charge in [-0.25, -0.2) is 4.68 Å². The highest BCUT2D eigenvalue weighted by Crippen LogP contribution is 2.29. The maximum atomic E-state index is 13.2. The molecule has 1 atom stereocenters. The van der Waals surface area contributed by atoms with Crippen molar-refractivity contribution in [2.45, 2.75) is 45.9 Å². The van der Waals surface area contributed by atoms with Crippen LogP contribution < -0.4 is 10.3 Å². The molecule has 0 aliphatic heterocycles. The Morgan fingerprint density at radius 2 is 1.74 bits per heavy atom. The van der Waals surface area contributed by atoms with Gasteiger partial charge in [-0.05, 0) is 65.2 Å². The van der Waals surface area contributed by atoms with E-state index in [0.717, 1.165) is 40.0 Å². The molecule has 9 heteroatoms. The van der Waals surface area contributed by atoms with Crippen LogP contribution in [0.5, 0.6) is 5.75 Å². The van der Waals surface area contributed by atoms with Gasteiger partial charge < -0.3 is 9.72 Å². The molecular formula is C30H31ClN6O2. The largest absolute Gasteiger partial charge is 0.494 e. The Labute approximate surface area is 232 Å². The van der Waals surface area contributed by atoms with Gasteiger partial charge in [-0.1, -0.05) is 67.1 Å². The normalized spacial score (nSPS) is 12.2. The topological polar surface area (TPSA) is 88.9 Å². The zero-order valence-electron chi connectivity index (χ0n) is 22.0. The van der Waals surface area contributed by atoms with Gasteiger partial charge in [0.2, 0.25) is 0 Å². The highest BCUT2D eigenvalue weighted by molar-refractivity contribution is 6.31. The average molecular weight is 543 g/mol. The second-order valence-corrected chi connectivity index (χ2v) is 9.81. The van der Waals surface area contributed by atoms with E-state index in [0.29, 0.717) is 36.8 Å². The van der Waals surface area contributed by atoms with Crippen molar-refractivity contribution in [1.29, 1.82) is 0 Å². The highest BCUT2D eigenvalue weighted by Gasteiger charge is 2.26. The fraction of sp³-hybridized carbons (Fsp3) is 0.267. The molecule has 0 spiro atoms. The van der Waals surface area contributed by atoms with Crippen molar-refractivity contribution < 1.29 is 4.74 Å². The third kappa shape index (κ3) is 6.19. The van der Waals surface area contributed by atoms with Crippen LogP contribution in [-0.2, 0) is 19.6 Å². The Morgan fingerprint density at radius 3 is 2.51 bits per heavy atom. The SMILES string of the molecule is CCOc1ccc2[nH]c(=O)c(CN(Cc3ccccc3Cl)C(CC)c3nnnn3Cc3ccccc3)cc2c1. The summed E-state index contributed by atoms with van der Waals surface area (Å²) >= 11 is 6.59. The third-order valence-electron chi connectivity index (χ3n) is 6.77. The molecule has 0 aliphatic rings. The van der Waals surface area contributed by atoms with Gasteiger partial charge >= 0.3 is 0 Å². The van der Waals surface area contributed by atoms with E-state index in [1.165, 1.54) is 0 Å². The third-order valence-corrected chi connectivity index (χ3v) is 7.14. The Kier molecular flexibility index (Phi) is 8.34. The van der Waals surface area contributed by atoms with Crippen molar-refractivity contribution in [3.63, 3.8) is 0 Å². The molecule has 5 aromatic rings. The molecule has 0 aliphatic carbocycles. The molecule has 0 saturated heterocycles. The fourth-order valence-electron chi connectivity index (χ4n) is 4.87. The van der Waals surface area contributed by atoms with E-state index < -0.39 is 0 Å². The first kappa shape index (κ1) is 26.6. The summed E-state index contributed by atoms with van der Waals surface area (Å²) in [5.41, 5.74) is 3.35. The second kappa shape index (κ2) is 12.2. The first-order valence-corrected chi connectivity index (χ1v) is 13.5. The molecule has 0 fully saturated rings. The van der Waals surface area contributed by atoms with Crippen LogP contribution in [0.4, 0.5) is 0 Å². The quantitative estimate of drug-likeness (QED) is 0.228. The fourth-order valence-corrected chi connectivity index (χ4v) is 5.06. The molecule has 0 amide bonds. The number of pyridine rings is 1. The van der Waals surface area contributed by atoms with Crippen molar-refractivity contribution >= 4 is 22.5 Å². The summed E-state index contributed by atoms with van der Waals surface area (Å²) < 4.78 is 7.52. The van der Waals surface area contributed by atoms with Crippen LogP contribution in [-0.4, -0.2) is 36.7 Å². The maximum Gasteiger partial charge on any atom is 0.252 e. The first-order chi connectivity index (χ1) is 19.1. The van der Waals surface area contributed by atoms with Gasteiger partial charge in [-0.15, -0.1) is 5.10 Å². The maximum absolute atomic E-state index is 13.2. The van der Waals surface area contributed by atoms with Gasteiger partial charge in [-0.2, -0.15) is 0 Å². The van der Waals surface area contributed by atoms with E-state index in [2.05, 4.69) is 44.5 Å². The lowest BCUT2D eigenvalue weighted by atomic mass is 10.1. The number of tetrazole rings is 1. The lowest BCUT2D eigenvalue weighted by Gasteiger charge is -2.30. The van der Waals surface area contributed by atoms with Crippen molar-refractivity contribution in [2.24, 2.45) is 0 Å². The summed E-state index contributed by atoms with van der Waals surface area (Å²) in [5.74, 6) is 1.51. The molecule has 0 saturated carbocycles. The summed E-state index contributed by atoms with van der Waals surface area (Å²) in [6, 6.07) is 25.4.